The third-order valence-corrected chi connectivity index (χ3v) is 8.64. The molecule has 1 unspecified atom stereocenters. The van der Waals surface area contributed by atoms with E-state index in [-0.39, 0.29) is 47.1 Å². The van der Waals surface area contributed by atoms with Crippen molar-refractivity contribution in [1.82, 2.24) is 4.90 Å². The van der Waals surface area contributed by atoms with Gasteiger partial charge in [-0.25, -0.2) is 0 Å². The Morgan fingerprint density at radius 2 is 1.44 bits per heavy atom. The molecule has 6 heteroatoms. The molecule has 0 amide bonds. The maximum atomic E-state index is 13.7. The third-order valence-electron chi connectivity index (χ3n) is 8.64. The van der Waals surface area contributed by atoms with Gasteiger partial charge in [-0.15, -0.1) is 0 Å². The van der Waals surface area contributed by atoms with Crippen LogP contribution in [0.2, 0.25) is 0 Å². The Morgan fingerprint density at radius 1 is 0.949 bits per heavy atom. The lowest BCUT2D eigenvalue weighted by Gasteiger charge is -2.53. The second-order valence-electron chi connectivity index (χ2n) is 15.0. The molecule has 1 aliphatic heterocycles. The quantitative estimate of drug-likeness (QED) is 0.236. The van der Waals surface area contributed by atoms with Gasteiger partial charge in [0.05, 0.1) is 0 Å². The van der Waals surface area contributed by atoms with Crippen molar-refractivity contribution >= 4 is 11.9 Å². The minimum Gasteiger partial charge on any atom is -0.507 e. The number of likely N-dealkylation sites (tertiary alicyclic amines) is 1. The first-order valence-electron chi connectivity index (χ1n) is 14.7. The lowest BCUT2D eigenvalue weighted by atomic mass is 9.73. The number of hydrogen-bond donors (Lipinski definition) is 2. The molecule has 0 radical (unpaired) electrons. The number of carboxylic acids is 1. The molecule has 0 saturated carbocycles. The normalized spacial score (nSPS) is 19.4. The van der Waals surface area contributed by atoms with Crippen molar-refractivity contribution in [3.8, 4) is 5.75 Å². The number of piperidine rings is 1. The number of aliphatic carboxylic acids is 1. The number of carbonyl (C=O) groups is 2. The van der Waals surface area contributed by atoms with Crippen LogP contribution < -0.4 is 0 Å². The summed E-state index contributed by atoms with van der Waals surface area (Å²) < 4.78 is 5.84. The van der Waals surface area contributed by atoms with Gasteiger partial charge >= 0.3 is 11.9 Å². The van der Waals surface area contributed by atoms with Gasteiger partial charge in [0.2, 0.25) is 0 Å². The molecule has 1 atom stereocenters. The molecule has 1 aromatic carbocycles. The zero-order chi connectivity index (χ0) is 30.0. The van der Waals surface area contributed by atoms with Crippen molar-refractivity contribution < 1.29 is 24.5 Å². The van der Waals surface area contributed by atoms with Gasteiger partial charge in [0.25, 0.3) is 0 Å². The fourth-order valence-electron chi connectivity index (χ4n) is 6.32. The van der Waals surface area contributed by atoms with Crippen LogP contribution in [0.15, 0.2) is 12.1 Å². The Hall–Kier alpha value is -2.08. The minimum atomic E-state index is -1.69. The van der Waals surface area contributed by atoms with E-state index in [0.717, 1.165) is 42.4 Å². The van der Waals surface area contributed by atoms with Crippen molar-refractivity contribution in [3.05, 3.63) is 28.8 Å². The van der Waals surface area contributed by atoms with Gasteiger partial charge < -0.3 is 14.9 Å². The molecule has 1 fully saturated rings. The highest BCUT2D eigenvalue weighted by Crippen LogP contribution is 2.42. The van der Waals surface area contributed by atoms with Crippen molar-refractivity contribution in [3.63, 3.8) is 0 Å². The van der Waals surface area contributed by atoms with Crippen LogP contribution in [0.1, 0.15) is 131 Å². The van der Waals surface area contributed by atoms with Crippen LogP contribution in [0, 0.1) is 5.41 Å². The van der Waals surface area contributed by atoms with E-state index in [1.807, 2.05) is 60.6 Å². The Kier molecular flexibility index (Phi) is 10.0. The molecule has 1 aliphatic rings. The monoisotopic (exact) mass is 545 g/mol. The first-order chi connectivity index (χ1) is 17.7. The maximum Gasteiger partial charge on any atom is 0.323 e. The van der Waals surface area contributed by atoms with Crippen LogP contribution >= 0.6 is 0 Å². The van der Waals surface area contributed by atoms with Gasteiger partial charge in [0, 0.05) is 17.6 Å². The minimum absolute atomic E-state index is 0.0149. The maximum absolute atomic E-state index is 13.7. The van der Waals surface area contributed by atoms with E-state index < -0.39 is 17.4 Å². The van der Waals surface area contributed by atoms with E-state index in [4.69, 9.17) is 4.74 Å². The first-order valence-corrected chi connectivity index (χ1v) is 14.7. The Labute approximate surface area is 237 Å². The van der Waals surface area contributed by atoms with Gasteiger partial charge in [-0.2, -0.15) is 0 Å². The second-order valence-corrected chi connectivity index (χ2v) is 15.0. The van der Waals surface area contributed by atoms with Crippen LogP contribution in [0.25, 0.3) is 0 Å². The fourth-order valence-corrected chi connectivity index (χ4v) is 6.32. The van der Waals surface area contributed by atoms with E-state index >= 15 is 0 Å². The number of carboxylic acid groups (broad SMARTS) is 1. The van der Waals surface area contributed by atoms with E-state index in [9.17, 15) is 19.8 Å². The van der Waals surface area contributed by atoms with Gasteiger partial charge in [-0.1, -0.05) is 73.4 Å². The second kappa shape index (κ2) is 11.8. The van der Waals surface area contributed by atoms with E-state index in [1.165, 1.54) is 0 Å². The van der Waals surface area contributed by atoms with Crippen LogP contribution in [-0.2, 0) is 31.6 Å². The lowest BCUT2D eigenvalue weighted by Crippen LogP contribution is -2.59. The molecular weight excluding hydrogens is 490 g/mol. The molecule has 1 aromatic rings. The number of unbranched alkanes of at least 4 members (excludes halogenated alkanes) is 1. The summed E-state index contributed by atoms with van der Waals surface area (Å²) >= 11 is 0. The molecular formula is C33H55NO5. The van der Waals surface area contributed by atoms with Crippen molar-refractivity contribution in [1.29, 1.82) is 0 Å². The third kappa shape index (κ3) is 7.56. The molecule has 0 aromatic heterocycles. The topological polar surface area (TPSA) is 87.1 Å². The largest absolute Gasteiger partial charge is 0.507 e. The predicted octanol–water partition coefficient (Wildman–Crippen LogP) is 7.38. The number of carbonyl (C=O) groups excluding carboxylic acids is 1. The summed E-state index contributed by atoms with van der Waals surface area (Å²) in [5.74, 6) is -1.58. The molecule has 1 saturated heterocycles. The van der Waals surface area contributed by atoms with Crippen LogP contribution in [0.5, 0.6) is 5.75 Å². The summed E-state index contributed by atoms with van der Waals surface area (Å²) in [5, 5.41) is 21.7. The molecule has 0 bridgehead atoms. The standard InChI is InChI=1S/C33H55NO5/c1-12-13-17-33(27(36)37,28(38)39-19-18-34-31(8,9)15-14-16-32(34,10)11)22-23-20-24(29(2,3)4)26(35)25(21-23)30(5,6)7/h20-21,35H,12-19,22H2,1-11H3,(H,36,37). The molecule has 6 nitrogen and oxygen atoms in total. The average molecular weight is 546 g/mol. The molecule has 1 heterocycles. The smallest absolute Gasteiger partial charge is 0.323 e. The lowest BCUT2D eigenvalue weighted by molar-refractivity contribution is -0.171. The number of benzene rings is 1. The van der Waals surface area contributed by atoms with Crippen molar-refractivity contribution in [2.45, 2.75) is 143 Å². The number of aromatic hydroxyl groups is 1. The summed E-state index contributed by atoms with van der Waals surface area (Å²) in [7, 11) is 0. The highest BCUT2D eigenvalue weighted by molar-refractivity contribution is 5.99. The number of phenolic OH excluding ortho intramolecular Hbond substituents is 1. The summed E-state index contributed by atoms with van der Waals surface area (Å²) in [6.45, 7) is 23.8. The molecule has 39 heavy (non-hydrogen) atoms. The van der Waals surface area contributed by atoms with Gasteiger partial charge in [-0.3, -0.25) is 14.5 Å². The van der Waals surface area contributed by atoms with Crippen molar-refractivity contribution in [2.24, 2.45) is 5.41 Å². The number of hydrogen-bond acceptors (Lipinski definition) is 5. The van der Waals surface area contributed by atoms with E-state index in [1.54, 1.807) is 0 Å². The van der Waals surface area contributed by atoms with E-state index in [2.05, 4.69) is 32.6 Å². The summed E-state index contributed by atoms with van der Waals surface area (Å²) in [4.78, 5) is 29.1. The Balaban J connectivity index is 2.45. The number of ether oxygens (including phenoxy) is 1. The zero-order valence-electron chi connectivity index (χ0n) is 26.6. The number of esters is 1. The Bertz CT molecular complexity index is 977. The summed E-state index contributed by atoms with van der Waals surface area (Å²) in [6.07, 6.45) is 4.91. The fraction of sp³-hybridized carbons (Fsp3) is 0.758. The first kappa shape index (κ1) is 33.1. The molecule has 2 rings (SSSR count). The van der Waals surface area contributed by atoms with Crippen molar-refractivity contribution in [2.75, 3.05) is 13.2 Å². The highest BCUT2D eigenvalue weighted by atomic mass is 16.5. The van der Waals surface area contributed by atoms with Crippen LogP contribution in [-0.4, -0.2) is 51.3 Å². The molecule has 0 aliphatic carbocycles. The zero-order valence-corrected chi connectivity index (χ0v) is 26.6. The molecule has 222 valence electrons. The predicted molar refractivity (Wildman–Crippen MR) is 158 cm³/mol. The average Bonchev–Trinajstić information content (AvgIpc) is 2.77. The van der Waals surface area contributed by atoms with Gasteiger partial charge in [0.1, 0.15) is 12.4 Å². The molecule has 2 N–H and O–H groups in total. The van der Waals surface area contributed by atoms with Gasteiger partial charge in [0.15, 0.2) is 5.41 Å². The van der Waals surface area contributed by atoms with Gasteiger partial charge in [-0.05, 0) is 87.3 Å². The number of phenols is 1. The van der Waals surface area contributed by atoms with E-state index in [0.29, 0.717) is 13.0 Å². The summed E-state index contributed by atoms with van der Waals surface area (Å²) in [5.41, 5.74) is -0.197. The van der Waals surface area contributed by atoms with Crippen LogP contribution in [0.3, 0.4) is 0 Å². The van der Waals surface area contributed by atoms with Crippen LogP contribution in [0.4, 0.5) is 0 Å². The molecule has 0 spiro atoms. The number of rotatable bonds is 10. The number of nitrogens with zero attached hydrogens (tertiary/aromatic N) is 1. The Morgan fingerprint density at radius 3 is 1.85 bits per heavy atom. The highest BCUT2D eigenvalue weighted by Gasteiger charge is 2.48. The summed E-state index contributed by atoms with van der Waals surface area (Å²) in [6, 6.07) is 3.75. The SMILES string of the molecule is CCCCC(Cc1cc(C(C)(C)C)c(O)c(C(C)(C)C)c1)(C(=O)O)C(=O)OCCN1C(C)(C)CCCC1(C)C.